The fraction of sp³-hybridized carbons (Fsp3) is 0.278. The number of anilines is 2. The number of hydrogen-bond donors (Lipinski definition) is 2. The lowest BCUT2D eigenvalue weighted by atomic mass is 10.2. The minimum atomic E-state index is -0.510. The molecule has 1 aromatic heterocycles. The van der Waals surface area contributed by atoms with E-state index in [9.17, 15) is 9.59 Å². The largest absolute Gasteiger partial charge is 0.325 e. The van der Waals surface area contributed by atoms with Gasteiger partial charge in [-0.15, -0.1) is 0 Å². The van der Waals surface area contributed by atoms with Gasteiger partial charge in [0.15, 0.2) is 0 Å². The topological polar surface area (TPSA) is 74.3 Å². The van der Waals surface area contributed by atoms with Crippen LogP contribution in [0.15, 0.2) is 41.0 Å². The Labute approximate surface area is 166 Å². The van der Waals surface area contributed by atoms with E-state index in [2.05, 4.69) is 31.5 Å². The third-order valence-electron chi connectivity index (χ3n) is 3.87. The zero-order valence-corrected chi connectivity index (χ0v) is 17.1. The van der Waals surface area contributed by atoms with E-state index in [-0.39, 0.29) is 18.4 Å². The summed E-state index contributed by atoms with van der Waals surface area (Å²) < 4.78 is 0.950. The summed E-state index contributed by atoms with van der Waals surface area (Å²) in [6, 6.07) is 8.38. The highest BCUT2D eigenvalue weighted by atomic mass is 79.9. The van der Waals surface area contributed by atoms with Gasteiger partial charge in [-0.1, -0.05) is 27.5 Å². The van der Waals surface area contributed by atoms with Crippen molar-refractivity contribution in [2.24, 2.45) is 0 Å². The molecule has 2 aromatic rings. The summed E-state index contributed by atoms with van der Waals surface area (Å²) in [5, 5.41) is 6.05. The van der Waals surface area contributed by atoms with Crippen LogP contribution < -0.4 is 10.6 Å². The summed E-state index contributed by atoms with van der Waals surface area (Å²) in [7, 11) is 1.72. The number of nitrogens with one attached hydrogen (secondary N) is 2. The van der Waals surface area contributed by atoms with Gasteiger partial charge >= 0.3 is 0 Å². The Morgan fingerprint density at radius 3 is 2.62 bits per heavy atom. The minimum Gasteiger partial charge on any atom is -0.325 e. The smallest absolute Gasteiger partial charge is 0.242 e. The Kier molecular flexibility index (Phi) is 7.14. The molecule has 0 aliphatic rings. The van der Waals surface area contributed by atoms with E-state index in [0.717, 1.165) is 15.7 Å². The number of amides is 2. The lowest BCUT2D eigenvalue weighted by Crippen LogP contribution is -2.43. The number of halogens is 2. The van der Waals surface area contributed by atoms with Crippen LogP contribution in [0, 0.1) is 6.92 Å². The molecule has 0 aliphatic heterocycles. The second-order valence-corrected chi connectivity index (χ2v) is 7.30. The molecular weight excluding hydrogens is 420 g/mol. The summed E-state index contributed by atoms with van der Waals surface area (Å²) >= 11 is 9.17. The SMILES string of the molecule is Cc1cc(Br)ccc1NC(=O)CN(C)C(C)C(=O)Nc1ccc(Cl)cn1. The van der Waals surface area contributed by atoms with E-state index >= 15 is 0 Å². The maximum atomic E-state index is 12.3. The van der Waals surface area contributed by atoms with Gasteiger partial charge in [-0.2, -0.15) is 0 Å². The first-order chi connectivity index (χ1) is 12.3. The van der Waals surface area contributed by atoms with Crippen molar-refractivity contribution >= 4 is 50.9 Å². The molecule has 2 rings (SSSR count). The van der Waals surface area contributed by atoms with Gasteiger partial charge < -0.3 is 10.6 Å². The number of nitrogens with zero attached hydrogens (tertiary/aromatic N) is 2. The van der Waals surface area contributed by atoms with E-state index in [1.807, 2.05) is 25.1 Å². The van der Waals surface area contributed by atoms with E-state index in [0.29, 0.717) is 10.8 Å². The molecule has 0 radical (unpaired) electrons. The predicted molar refractivity (Wildman–Crippen MR) is 107 cm³/mol. The lowest BCUT2D eigenvalue weighted by molar-refractivity contribution is -0.122. The molecule has 1 unspecified atom stereocenters. The van der Waals surface area contributed by atoms with Crippen molar-refractivity contribution in [3.05, 3.63) is 51.6 Å². The van der Waals surface area contributed by atoms with Crippen LogP contribution in [0.3, 0.4) is 0 Å². The Morgan fingerprint density at radius 1 is 1.27 bits per heavy atom. The van der Waals surface area contributed by atoms with Crippen molar-refractivity contribution in [1.82, 2.24) is 9.88 Å². The van der Waals surface area contributed by atoms with Gasteiger partial charge in [0, 0.05) is 16.4 Å². The summed E-state index contributed by atoms with van der Waals surface area (Å²) in [4.78, 5) is 30.3. The first kappa shape index (κ1) is 20.4. The number of likely N-dealkylation sites (N-methyl/N-ethyl adjacent to an activating group) is 1. The van der Waals surface area contributed by atoms with Gasteiger partial charge in [0.1, 0.15) is 5.82 Å². The molecule has 26 heavy (non-hydrogen) atoms. The minimum absolute atomic E-state index is 0.0815. The summed E-state index contributed by atoms with van der Waals surface area (Å²) in [5.41, 5.74) is 1.70. The first-order valence-corrected chi connectivity index (χ1v) is 9.12. The summed E-state index contributed by atoms with van der Waals surface area (Å²) in [6.45, 7) is 3.72. The Bertz CT molecular complexity index is 798. The zero-order chi connectivity index (χ0) is 19.3. The number of pyridine rings is 1. The average molecular weight is 440 g/mol. The first-order valence-electron chi connectivity index (χ1n) is 7.95. The molecule has 0 fully saturated rings. The summed E-state index contributed by atoms with van der Waals surface area (Å²) in [6.07, 6.45) is 1.46. The highest BCUT2D eigenvalue weighted by molar-refractivity contribution is 9.10. The van der Waals surface area contributed by atoms with Crippen LogP contribution in [0.5, 0.6) is 0 Å². The fourth-order valence-corrected chi connectivity index (χ4v) is 2.79. The highest BCUT2D eigenvalue weighted by Gasteiger charge is 2.20. The number of rotatable bonds is 6. The van der Waals surface area contributed by atoms with Crippen molar-refractivity contribution in [2.45, 2.75) is 19.9 Å². The molecule has 0 aliphatic carbocycles. The Balaban J connectivity index is 1.90. The number of carbonyl (C=O) groups excluding carboxylic acids is 2. The molecule has 1 heterocycles. The van der Waals surface area contributed by atoms with Crippen LogP contribution in [0.2, 0.25) is 5.02 Å². The average Bonchev–Trinajstić information content (AvgIpc) is 2.58. The Hall–Kier alpha value is -1.96. The monoisotopic (exact) mass is 438 g/mol. The number of hydrogen-bond acceptors (Lipinski definition) is 4. The normalized spacial score (nSPS) is 11.9. The molecule has 8 heteroatoms. The molecule has 138 valence electrons. The molecule has 6 nitrogen and oxygen atoms in total. The number of aryl methyl sites for hydroxylation is 1. The van der Waals surface area contributed by atoms with Crippen molar-refractivity contribution in [3.8, 4) is 0 Å². The zero-order valence-electron chi connectivity index (χ0n) is 14.7. The quantitative estimate of drug-likeness (QED) is 0.720. The highest BCUT2D eigenvalue weighted by Crippen LogP contribution is 2.20. The molecule has 0 saturated carbocycles. The predicted octanol–water partition coefficient (Wildman–Crippen LogP) is 3.70. The van der Waals surface area contributed by atoms with Crippen molar-refractivity contribution < 1.29 is 9.59 Å². The van der Waals surface area contributed by atoms with Crippen LogP contribution in [-0.2, 0) is 9.59 Å². The van der Waals surface area contributed by atoms with Crippen LogP contribution >= 0.6 is 27.5 Å². The molecule has 2 amide bonds. The molecule has 0 spiro atoms. The summed E-state index contributed by atoms with van der Waals surface area (Å²) in [5.74, 6) is -0.0354. The second-order valence-electron chi connectivity index (χ2n) is 5.95. The van der Waals surface area contributed by atoms with Crippen LogP contribution in [0.4, 0.5) is 11.5 Å². The molecule has 1 atom stereocenters. The van der Waals surface area contributed by atoms with Crippen LogP contribution in [0.1, 0.15) is 12.5 Å². The molecular formula is C18H20BrClN4O2. The van der Waals surface area contributed by atoms with E-state index in [4.69, 9.17) is 11.6 Å². The van der Waals surface area contributed by atoms with Crippen LogP contribution in [-0.4, -0.2) is 41.3 Å². The molecule has 2 N–H and O–H groups in total. The fourth-order valence-electron chi connectivity index (χ4n) is 2.20. The standard InChI is InChI=1S/C18H20BrClN4O2/c1-11-8-13(19)4-6-15(11)22-17(25)10-24(3)12(2)18(26)23-16-7-5-14(20)9-21-16/h4-9,12H,10H2,1-3H3,(H,22,25)(H,21,23,26). The van der Waals surface area contributed by atoms with Gasteiger partial charge in [-0.05, 0) is 56.8 Å². The maximum Gasteiger partial charge on any atom is 0.242 e. The molecule has 0 bridgehead atoms. The number of carbonyl (C=O) groups is 2. The maximum absolute atomic E-state index is 12.3. The third-order valence-corrected chi connectivity index (χ3v) is 4.59. The number of aromatic nitrogens is 1. The van der Waals surface area contributed by atoms with Crippen molar-refractivity contribution in [2.75, 3.05) is 24.2 Å². The van der Waals surface area contributed by atoms with E-state index in [1.54, 1.807) is 31.0 Å². The van der Waals surface area contributed by atoms with Crippen molar-refractivity contribution in [1.29, 1.82) is 0 Å². The van der Waals surface area contributed by atoms with Crippen molar-refractivity contribution in [3.63, 3.8) is 0 Å². The Morgan fingerprint density at radius 2 is 2.00 bits per heavy atom. The number of benzene rings is 1. The lowest BCUT2D eigenvalue weighted by Gasteiger charge is -2.23. The van der Waals surface area contributed by atoms with Gasteiger partial charge in [-0.3, -0.25) is 14.5 Å². The van der Waals surface area contributed by atoms with Crippen LogP contribution in [0.25, 0.3) is 0 Å². The van der Waals surface area contributed by atoms with E-state index in [1.165, 1.54) is 6.20 Å². The van der Waals surface area contributed by atoms with Gasteiger partial charge in [0.05, 0.1) is 17.6 Å². The molecule has 1 aromatic carbocycles. The van der Waals surface area contributed by atoms with Gasteiger partial charge in [0.25, 0.3) is 0 Å². The third kappa shape index (κ3) is 5.79. The van der Waals surface area contributed by atoms with E-state index < -0.39 is 6.04 Å². The van der Waals surface area contributed by atoms with Gasteiger partial charge in [0.2, 0.25) is 11.8 Å². The van der Waals surface area contributed by atoms with Gasteiger partial charge in [-0.25, -0.2) is 4.98 Å². The molecule has 0 saturated heterocycles. The second kappa shape index (κ2) is 9.12.